The van der Waals surface area contributed by atoms with Gasteiger partial charge in [-0.05, 0) is 202 Å². The van der Waals surface area contributed by atoms with Gasteiger partial charge in [-0.15, -0.1) is 0 Å². The Morgan fingerprint density at radius 2 is 0.851 bits per heavy atom. The van der Waals surface area contributed by atoms with Crippen molar-refractivity contribution in [1.82, 2.24) is 70.6 Å². The number of nitrogens with zero attached hydrogens (tertiary/aromatic N) is 12. The van der Waals surface area contributed by atoms with Gasteiger partial charge in [0.2, 0.25) is 0 Å². The lowest BCUT2D eigenvalue weighted by atomic mass is 10.0. The molecule has 0 spiro atoms. The van der Waals surface area contributed by atoms with E-state index in [9.17, 15) is 14.4 Å². The van der Waals surface area contributed by atoms with Crippen LogP contribution < -0.4 is 40.8 Å². The van der Waals surface area contributed by atoms with Gasteiger partial charge in [-0.2, -0.15) is 0 Å². The number of hydrogen-bond acceptors (Lipinski definition) is 22. The van der Waals surface area contributed by atoms with Crippen molar-refractivity contribution < 1.29 is 38.1 Å². The molecule has 12 aromatic rings. The van der Waals surface area contributed by atoms with Crippen molar-refractivity contribution in [2.75, 3.05) is 125 Å². The number of anilines is 1. The number of piperidine rings is 2. The third-order valence-electron chi connectivity index (χ3n) is 19.9. The number of methoxy groups -OCH3 is 3. The Balaban J connectivity index is 0.000000144. The number of nitrogens with two attached hydrogens (primary N) is 1. The van der Waals surface area contributed by atoms with Crippen LogP contribution in [0, 0.1) is 0 Å². The number of amides is 2. The Kier molecular flexibility index (Phi) is 30.7. The Labute approximate surface area is 678 Å². The van der Waals surface area contributed by atoms with Crippen LogP contribution in [0.4, 0.5) is 5.82 Å². The zero-order valence-corrected chi connectivity index (χ0v) is 66.4. The second-order valence-corrected chi connectivity index (χ2v) is 28.4. The van der Waals surface area contributed by atoms with Crippen LogP contribution >= 0.6 is 34.8 Å². The van der Waals surface area contributed by atoms with Crippen LogP contribution in [0.5, 0.6) is 17.2 Å². The maximum atomic E-state index is 13.0. The number of rotatable bonds is 20. The van der Waals surface area contributed by atoms with Gasteiger partial charge in [0.05, 0.1) is 80.9 Å². The fourth-order valence-electron chi connectivity index (χ4n) is 13.8. The first-order valence-corrected chi connectivity index (χ1v) is 39.4. The molecule has 590 valence electrons. The quantitative estimate of drug-likeness (QED) is 0.0516. The van der Waals surface area contributed by atoms with E-state index in [0.29, 0.717) is 104 Å². The van der Waals surface area contributed by atoms with Crippen molar-refractivity contribution in [3.63, 3.8) is 0 Å². The Morgan fingerprint density at radius 3 is 1.26 bits per heavy atom. The molecule has 0 bridgehead atoms. The lowest BCUT2D eigenvalue weighted by Gasteiger charge is -2.40. The first-order chi connectivity index (χ1) is 55.8. The van der Waals surface area contributed by atoms with Gasteiger partial charge in [0, 0.05) is 135 Å². The molecule has 24 nitrogen and oxygen atoms in total. The average Bonchev–Trinajstić information content (AvgIpc) is 1.17. The number of hydrogen-bond donors (Lipinski definition) is 4. The SMILES string of the molecule is C1CC(N2CCOCC2)CCN1.COc1cccc(-c2nc3cc(C(=O)Cl)ccc3nc2Cl)c1.COc1cccc(-c2nc3cc(C(=O)NCCc4cccnc4)ccc3nc2Cl)c1.COc1cccc(-c2nc3cc(C(=O)NCCc4cccnc4)ccc3nc2N2CCC(N3CCOCC3)CC2)c1.NCCc1cccnc1. The van der Waals surface area contributed by atoms with Crippen molar-refractivity contribution in [3.05, 3.63) is 245 Å². The third kappa shape index (κ3) is 23.2. The predicted molar refractivity (Wildman–Crippen MR) is 448 cm³/mol. The number of halogens is 3. The van der Waals surface area contributed by atoms with Crippen LogP contribution in [0.1, 0.15) is 73.4 Å². The maximum Gasteiger partial charge on any atom is 0.252 e. The molecule has 6 aromatic heterocycles. The highest BCUT2D eigenvalue weighted by Crippen LogP contribution is 2.36. The number of carbonyl (C=O) groups is 3. The molecule has 2 amide bonds. The number of carbonyl (C=O) groups excluding carboxylic acids is 3. The van der Waals surface area contributed by atoms with Gasteiger partial charge in [-0.1, -0.05) is 77.8 Å². The number of morpholine rings is 2. The number of fused-ring (bicyclic) bond motifs is 3. The molecular formula is C87H93Cl3N16O8. The van der Waals surface area contributed by atoms with Gasteiger partial charge in [-0.3, -0.25) is 39.1 Å². The topological polar surface area (TPSA) is 285 Å². The summed E-state index contributed by atoms with van der Waals surface area (Å²) in [6, 6.07) is 51.5. The van der Waals surface area contributed by atoms with Gasteiger partial charge in [0.1, 0.15) is 34.3 Å². The molecule has 10 heterocycles. The van der Waals surface area contributed by atoms with Gasteiger partial charge in [0.25, 0.3) is 17.1 Å². The molecule has 0 unspecified atom stereocenters. The summed E-state index contributed by atoms with van der Waals surface area (Å²) in [5.74, 6) is 2.74. The van der Waals surface area contributed by atoms with Crippen LogP contribution in [0.25, 0.3) is 66.9 Å². The van der Waals surface area contributed by atoms with E-state index in [-0.39, 0.29) is 17.0 Å². The lowest BCUT2D eigenvalue weighted by molar-refractivity contribution is 0.0101. The molecule has 0 saturated carbocycles. The zero-order valence-electron chi connectivity index (χ0n) is 64.1. The second kappa shape index (κ2) is 42.4. The van der Waals surface area contributed by atoms with Crippen LogP contribution in [-0.4, -0.2) is 204 Å². The van der Waals surface area contributed by atoms with Crippen LogP contribution in [0.3, 0.4) is 0 Å². The first-order valence-electron chi connectivity index (χ1n) is 38.2. The van der Waals surface area contributed by atoms with Gasteiger partial charge >= 0.3 is 0 Å². The Morgan fingerprint density at radius 1 is 0.456 bits per heavy atom. The van der Waals surface area contributed by atoms with E-state index in [1.165, 1.54) is 31.5 Å². The van der Waals surface area contributed by atoms with E-state index >= 15 is 0 Å². The van der Waals surface area contributed by atoms with Gasteiger partial charge < -0.3 is 50.3 Å². The van der Waals surface area contributed by atoms with Crippen molar-refractivity contribution >= 4 is 90.8 Å². The molecule has 5 N–H and O–H groups in total. The summed E-state index contributed by atoms with van der Waals surface area (Å²) >= 11 is 18.1. The summed E-state index contributed by atoms with van der Waals surface area (Å²) in [6.07, 6.45) is 17.8. The van der Waals surface area contributed by atoms with E-state index < -0.39 is 5.24 Å². The minimum atomic E-state index is -0.540. The highest BCUT2D eigenvalue weighted by molar-refractivity contribution is 6.67. The number of benzene rings is 6. The Bertz CT molecular complexity index is 5120. The highest BCUT2D eigenvalue weighted by Gasteiger charge is 2.29. The van der Waals surface area contributed by atoms with E-state index in [4.69, 9.17) is 74.2 Å². The van der Waals surface area contributed by atoms with Crippen LogP contribution in [0.2, 0.25) is 10.3 Å². The van der Waals surface area contributed by atoms with E-state index in [1.807, 2.05) is 140 Å². The molecule has 0 atom stereocenters. The van der Waals surface area contributed by atoms with Gasteiger partial charge in [-0.25, -0.2) is 29.9 Å². The summed E-state index contributed by atoms with van der Waals surface area (Å²) in [5, 5.41) is 9.38. The second-order valence-electron chi connectivity index (χ2n) is 27.3. The average molecular weight is 1600 g/mol. The minimum absolute atomic E-state index is 0.130. The third-order valence-corrected chi connectivity index (χ3v) is 20.6. The number of nitrogens with one attached hydrogen (secondary N) is 3. The van der Waals surface area contributed by atoms with Crippen molar-refractivity contribution in [3.8, 4) is 51.0 Å². The molecular weight excluding hydrogens is 1500 g/mol. The number of ether oxygens (including phenoxy) is 5. The lowest BCUT2D eigenvalue weighted by Crippen LogP contribution is -2.49. The summed E-state index contributed by atoms with van der Waals surface area (Å²) in [7, 11) is 4.86. The molecule has 4 aliphatic rings. The fourth-order valence-corrected chi connectivity index (χ4v) is 14.4. The van der Waals surface area contributed by atoms with E-state index in [1.54, 1.807) is 82.5 Å². The molecule has 6 aromatic carbocycles. The van der Waals surface area contributed by atoms with Crippen LogP contribution in [0.15, 0.2) is 201 Å². The molecule has 0 radical (unpaired) electrons. The summed E-state index contributed by atoms with van der Waals surface area (Å²) < 4.78 is 26.9. The molecule has 4 saturated heterocycles. The molecule has 16 rings (SSSR count). The first kappa shape index (κ1) is 82.7. The summed E-state index contributed by atoms with van der Waals surface area (Å²) in [5.41, 5.74) is 18.3. The summed E-state index contributed by atoms with van der Waals surface area (Å²) in [4.78, 5) is 84.6. The fraction of sp³-hybridized carbons (Fsp3) is 0.310. The van der Waals surface area contributed by atoms with Crippen LogP contribution in [-0.2, 0) is 28.7 Å². The molecule has 4 fully saturated rings. The number of aromatic nitrogens is 9. The molecule has 4 aliphatic heterocycles. The smallest absolute Gasteiger partial charge is 0.252 e. The normalized spacial score (nSPS) is 14.6. The predicted octanol–water partition coefficient (Wildman–Crippen LogP) is 13.3. The number of pyridine rings is 3. The monoisotopic (exact) mass is 1590 g/mol. The zero-order chi connectivity index (χ0) is 79.4. The van der Waals surface area contributed by atoms with Crippen molar-refractivity contribution in [1.29, 1.82) is 0 Å². The largest absolute Gasteiger partial charge is 0.497 e. The van der Waals surface area contributed by atoms with E-state index in [0.717, 1.165) is 148 Å². The maximum absolute atomic E-state index is 13.0. The summed E-state index contributed by atoms with van der Waals surface area (Å²) in [6.45, 7) is 13.8. The van der Waals surface area contributed by atoms with E-state index in [2.05, 4.69) is 65.5 Å². The highest BCUT2D eigenvalue weighted by atomic mass is 35.5. The minimum Gasteiger partial charge on any atom is -0.497 e. The van der Waals surface area contributed by atoms with Gasteiger partial charge in [0.15, 0.2) is 16.1 Å². The molecule has 27 heteroatoms. The molecule has 0 aliphatic carbocycles. The standard InChI is InChI=1S/C32H36N6O3.C23H19ClN4O2.C16H10Cl2N2O2.C9H18N2O.C7H10N2/c1-40-27-6-2-5-24(20-27)30-31(38-14-10-26(11-15-38)37-16-18-41-19-17-37)36-28-8-7-25(21-29(28)35-30)32(39)34-13-9-23-4-3-12-33-22-23;1-30-18-6-2-5-16(12-18)21-22(24)28-19-8-7-17(13-20(19)27-21)23(29)26-11-9-15-4-3-10-25-14-15;1-22-11-4-2-3-9(7-11)14-15(17)20-12-6-5-10(16(18)21)8-13(12)19-14;1-3-10-4-2-9(1)11-5-7-12-8-6-11;8-4-3-7-2-1-5-9-6-7/h2-8,12,20-22,26H,9-11,13-19H2,1H3,(H,34,39);2-8,10,12-14H,9,11H2,1H3,(H,26,29);2-8H,1H3;9-10H,1-8H2;1-2,5-6H,3-4,8H2. The molecule has 114 heavy (non-hydrogen) atoms. The van der Waals surface area contributed by atoms with Crippen molar-refractivity contribution in [2.24, 2.45) is 5.73 Å². The van der Waals surface area contributed by atoms with Crippen molar-refractivity contribution in [2.45, 2.75) is 57.0 Å². The Hall–Kier alpha value is -10.8.